The van der Waals surface area contributed by atoms with E-state index in [2.05, 4.69) is 10.5 Å². The fourth-order valence-corrected chi connectivity index (χ4v) is 4.75. The van der Waals surface area contributed by atoms with Gasteiger partial charge in [0.25, 0.3) is 5.91 Å². The van der Waals surface area contributed by atoms with Crippen LogP contribution in [0.2, 0.25) is 0 Å². The van der Waals surface area contributed by atoms with Gasteiger partial charge in [-0.05, 0) is 42.7 Å². The zero-order valence-corrected chi connectivity index (χ0v) is 17.4. The Morgan fingerprint density at radius 2 is 1.76 bits per heavy atom. The minimum atomic E-state index is -3.60. The lowest BCUT2D eigenvalue weighted by Gasteiger charge is -2.25. The molecule has 0 bridgehead atoms. The normalized spacial score (nSPS) is 16.1. The smallest absolute Gasteiger partial charge is 0.267 e. The Bertz CT molecular complexity index is 1010. The van der Waals surface area contributed by atoms with E-state index in [1.54, 1.807) is 18.2 Å². The number of hydrogen-bond donors (Lipinski definition) is 1. The number of rotatable bonds is 6. The highest BCUT2D eigenvalue weighted by molar-refractivity contribution is 7.89. The molecule has 8 heteroatoms. The van der Waals surface area contributed by atoms with Crippen LogP contribution < -0.4 is 5.43 Å². The van der Waals surface area contributed by atoms with E-state index in [0.29, 0.717) is 18.1 Å². The van der Waals surface area contributed by atoms with Gasteiger partial charge in [0.1, 0.15) is 0 Å². The molecule has 1 fully saturated rings. The molecule has 1 N–H and O–H groups in total. The molecule has 0 unspecified atom stereocenters. The fraction of sp³-hybridized carbons (Fsp3) is 0.238. The number of halogens is 1. The second-order valence-electron chi connectivity index (χ2n) is 6.63. The molecule has 1 aliphatic heterocycles. The second kappa shape index (κ2) is 9.82. The van der Waals surface area contributed by atoms with Crippen molar-refractivity contribution >= 4 is 39.8 Å². The molecular weight excluding hydrogens is 410 g/mol. The van der Waals surface area contributed by atoms with E-state index >= 15 is 0 Å². The summed E-state index contributed by atoms with van der Waals surface area (Å²) in [5.41, 5.74) is 3.49. The van der Waals surface area contributed by atoms with Crippen molar-refractivity contribution in [2.24, 2.45) is 5.10 Å². The van der Waals surface area contributed by atoms with Gasteiger partial charge in [-0.25, -0.2) is 13.8 Å². The third kappa shape index (κ3) is 5.76. The molecule has 0 radical (unpaired) electrons. The van der Waals surface area contributed by atoms with Crippen molar-refractivity contribution in [3.63, 3.8) is 0 Å². The topological polar surface area (TPSA) is 78.8 Å². The van der Waals surface area contributed by atoms with Crippen molar-refractivity contribution in [1.29, 1.82) is 0 Å². The van der Waals surface area contributed by atoms with E-state index < -0.39 is 15.9 Å². The maximum absolute atomic E-state index is 12.8. The molecule has 0 spiro atoms. The van der Waals surface area contributed by atoms with Crippen molar-refractivity contribution in [3.05, 3.63) is 70.8 Å². The number of amides is 1. The van der Waals surface area contributed by atoms with E-state index in [9.17, 15) is 13.2 Å². The van der Waals surface area contributed by atoms with E-state index in [1.165, 1.54) is 22.7 Å². The van der Waals surface area contributed by atoms with Crippen LogP contribution in [-0.2, 0) is 10.0 Å². The molecule has 1 amide bonds. The number of carbonyl (C=O) groups excluding carboxylic acids is 1. The van der Waals surface area contributed by atoms with Gasteiger partial charge in [-0.15, -0.1) is 0 Å². The zero-order valence-electron chi connectivity index (χ0n) is 15.8. The average Bonchev–Trinajstić information content (AvgIpc) is 2.75. The van der Waals surface area contributed by atoms with Gasteiger partial charge in [0.2, 0.25) is 10.0 Å². The van der Waals surface area contributed by atoms with Crippen LogP contribution in [0.5, 0.6) is 0 Å². The standard InChI is InChI=1S/C21H22ClN3O3S/c22-19(14-17-8-3-1-4-9-17)16-23-24-21(26)18-10-7-11-20(15-18)29(27,28)25-12-5-2-6-13-25/h1,3-4,7-11,14-16H,2,5-6,12-13H2,(H,24,26)/b19-14-,23-16+. The first-order chi connectivity index (χ1) is 14.0. The molecule has 3 rings (SSSR count). The van der Waals surface area contributed by atoms with Gasteiger partial charge < -0.3 is 0 Å². The summed E-state index contributed by atoms with van der Waals surface area (Å²) in [5, 5.41) is 4.19. The molecule has 1 saturated heterocycles. The Morgan fingerprint density at radius 3 is 2.48 bits per heavy atom. The van der Waals surface area contributed by atoms with Crippen LogP contribution in [0.3, 0.4) is 0 Å². The Hall–Kier alpha value is -2.48. The van der Waals surface area contributed by atoms with Crippen molar-refractivity contribution in [3.8, 4) is 0 Å². The highest BCUT2D eigenvalue weighted by atomic mass is 35.5. The molecule has 0 aromatic heterocycles. The summed E-state index contributed by atoms with van der Waals surface area (Å²) >= 11 is 6.09. The van der Waals surface area contributed by atoms with Crippen molar-refractivity contribution < 1.29 is 13.2 Å². The van der Waals surface area contributed by atoms with Crippen LogP contribution in [0.1, 0.15) is 35.2 Å². The summed E-state index contributed by atoms with van der Waals surface area (Å²) in [7, 11) is -3.60. The van der Waals surface area contributed by atoms with Gasteiger partial charge in [-0.3, -0.25) is 4.79 Å². The number of piperidine rings is 1. The van der Waals surface area contributed by atoms with Gasteiger partial charge in [-0.2, -0.15) is 9.41 Å². The maximum atomic E-state index is 12.8. The molecule has 0 aliphatic carbocycles. The number of carbonyl (C=O) groups is 1. The minimum absolute atomic E-state index is 0.109. The van der Waals surface area contributed by atoms with E-state index in [0.717, 1.165) is 24.8 Å². The van der Waals surface area contributed by atoms with Crippen molar-refractivity contribution in [2.45, 2.75) is 24.2 Å². The molecule has 0 saturated carbocycles. The molecule has 152 valence electrons. The monoisotopic (exact) mass is 431 g/mol. The van der Waals surface area contributed by atoms with Gasteiger partial charge in [0.05, 0.1) is 16.1 Å². The van der Waals surface area contributed by atoms with Gasteiger partial charge >= 0.3 is 0 Å². The number of hydrogen-bond acceptors (Lipinski definition) is 4. The highest BCUT2D eigenvalue weighted by Crippen LogP contribution is 2.21. The lowest BCUT2D eigenvalue weighted by atomic mass is 10.2. The van der Waals surface area contributed by atoms with Crippen LogP contribution in [0, 0.1) is 0 Å². The molecule has 2 aromatic rings. The number of sulfonamides is 1. The quantitative estimate of drug-likeness (QED) is 0.557. The van der Waals surface area contributed by atoms with Crippen LogP contribution in [0.25, 0.3) is 6.08 Å². The Labute approximate surface area is 175 Å². The SMILES string of the molecule is O=C(N/N=C/C(Cl)=C/c1ccccc1)c1cccc(S(=O)(=O)N2CCCCC2)c1. The predicted molar refractivity (Wildman–Crippen MR) is 115 cm³/mol. The van der Waals surface area contributed by atoms with Crippen LogP contribution >= 0.6 is 11.6 Å². The summed E-state index contributed by atoms with van der Waals surface area (Å²) in [4.78, 5) is 12.5. The lowest BCUT2D eigenvalue weighted by Crippen LogP contribution is -2.35. The van der Waals surface area contributed by atoms with Crippen molar-refractivity contribution in [1.82, 2.24) is 9.73 Å². The summed E-state index contributed by atoms with van der Waals surface area (Å²) in [6, 6.07) is 15.4. The molecule has 1 aliphatic rings. The number of hydrazone groups is 1. The first-order valence-corrected chi connectivity index (χ1v) is 11.1. The predicted octanol–water partition coefficient (Wildman–Crippen LogP) is 3.86. The van der Waals surface area contributed by atoms with E-state index in [-0.39, 0.29) is 10.5 Å². The maximum Gasteiger partial charge on any atom is 0.271 e. The minimum Gasteiger partial charge on any atom is -0.267 e. The van der Waals surface area contributed by atoms with Gasteiger partial charge in [0.15, 0.2) is 0 Å². The third-order valence-electron chi connectivity index (χ3n) is 4.51. The van der Waals surface area contributed by atoms with Crippen LogP contribution in [0.15, 0.2) is 69.6 Å². The largest absolute Gasteiger partial charge is 0.271 e. The number of nitrogens with one attached hydrogen (secondary N) is 1. The lowest BCUT2D eigenvalue weighted by molar-refractivity contribution is 0.0955. The van der Waals surface area contributed by atoms with E-state index in [4.69, 9.17) is 11.6 Å². The summed E-state index contributed by atoms with van der Waals surface area (Å²) in [6.45, 7) is 1.02. The molecular formula is C21H22ClN3O3S. The summed E-state index contributed by atoms with van der Waals surface area (Å²) in [5.74, 6) is -0.513. The molecule has 6 nitrogen and oxygen atoms in total. The Kier molecular flexibility index (Phi) is 7.19. The van der Waals surface area contributed by atoms with Crippen LogP contribution in [0.4, 0.5) is 0 Å². The molecule has 29 heavy (non-hydrogen) atoms. The summed E-state index contributed by atoms with van der Waals surface area (Å²) < 4.78 is 27.0. The summed E-state index contributed by atoms with van der Waals surface area (Å²) in [6.07, 6.45) is 5.77. The van der Waals surface area contributed by atoms with Gasteiger partial charge in [0, 0.05) is 18.7 Å². The molecule has 0 atom stereocenters. The number of nitrogens with zero attached hydrogens (tertiary/aromatic N) is 2. The number of benzene rings is 2. The highest BCUT2D eigenvalue weighted by Gasteiger charge is 2.26. The molecule has 1 heterocycles. The Morgan fingerprint density at radius 1 is 1.03 bits per heavy atom. The van der Waals surface area contributed by atoms with Crippen LogP contribution in [-0.4, -0.2) is 37.9 Å². The molecule has 2 aromatic carbocycles. The number of allylic oxidation sites excluding steroid dienone is 1. The first-order valence-electron chi connectivity index (χ1n) is 9.33. The zero-order chi connectivity index (χ0) is 20.7. The van der Waals surface area contributed by atoms with Gasteiger partial charge in [-0.1, -0.05) is 54.4 Å². The van der Waals surface area contributed by atoms with Crippen molar-refractivity contribution in [2.75, 3.05) is 13.1 Å². The second-order valence-corrected chi connectivity index (χ2v) is 9.01. The average molecular weight is 432 g/mol. The Balaban J connectivity index is 1.67. The van der Waals surface area contributed by atoms with E-state index in [1.807, 2.05) is 30.3 Å². The third-order valence-corrected chi connectivity index (χ3v) is 6.61. The fourth-order valence-electron chi connectivity index (χ4n) is 3.01. The first kappa shape index (κ1) is 21.2.